The number of hydrogen-bond donors (Lipinski definition) is 1. The molecule has 0 bridgehead atoms. The third-order valence-corrected chi connectivity index (χ3v) is 3.14. The van der Waals surface area contributed by atoms with E-state index >= 15 is 0 Å². The van der Waals surface area contributed by atoms with Crippen molar-refractivity contribution in [2.24, 2.45) is 11.8 Å². The molecule has 1 N–H and O–H groups in total. The highest BCUT2D eigenvalue weighted by Crippen LogP contribution is 2.36. The fourth-order valence-corrected chi connectivity index (χ4v) is 2.31. The largest absolute Gasteiger partial charge is 0.393 e. The van der Waals surface area contributed by atoms with E-state index in [2.05, 4.69) is 19.1 Å². The minimum absolute atomic E-state index is 0.193. The third kappa shape index (κ3) is 2.95. The molecule has 1 rings (SSSR count). The Hall–Kier alpha value is -0.630. The van der Waals surface area contributed by atoms with Crippen molar-refractivity contribution in [3.63, 3.8) is 0 Å². The van der Waals surface area contributed by atoms with Crippen LogP contribution in [0.3, 0.4) is 0 Å². The van der Waals surface area contributed by atoms with Gasteiger partial charge in [-0.1, -0.05) is 19.1 Å². The van der Waals surface area contributed by atoms with Crippen LogP contribution >= 0.6 is 0 Å². The molecule has 0 aliphatic heterocycles. The van der Waals surface area contributed by atoms with Crippen LogP contribution in [0.1, 0.15) is 39.0 Å². The molecule has 1 fully saturated rings. The lowest BCUT2D eigenvalue weighted by atomic mass is 9.89. The number of hydrogen-bond acceptors (Lipinski definition) is 2. The summed E-state index contributed by atoms with van der Waals surface area (Å²) in [5, 5.41) is 9.74. The van der Waals surface area contributed by atoms with Crippen molar-refractivity contribution in [3.05, 3.63) is 12.2 Å². The van der Waals surface area contributed by atoms with Crippen LogP contribution in [-0.2, 0) is 4.79 Å². The Morgan fingerprint density at radius 2 is 2.07 bits per heavy atom. The van der Waals surface area contributed by atoms with Gasteiger partial charge in [0.2, 0.25) is 0 Å². The molecule has 1 aliphatic rings. The van der Waals surface area contributed by atoms with Gasteiger partial charge < -0.3 is 9.90 Å². The summed E-state index contributed by atoms with van der Waals surface area (Å²) >= 11 is 0. The zero-order valence-electron chi connectivity index (χ0n) is 8.86. The Morgan fingerprint density at radius 1 is 1.29 bits per heavy atom. The van der Waals surface area contributed by atoms with Gasteiger partial charge in [0.15, 0.2) is 0 Å². The zero-order chi connectivity index (χ0) is 10.4. The molecule has 0 amide bonds. The SMILES string of the molecule is CC/C=C\C[C@H]1[C@@H](CC=O)CC[C@@H]1O. The fourth-order valence-electron chi connectivity index (χ4n) is 2.31. The first-order chi connectivity index (χ1) is 6.79. The first-order valence-electron chi connectivity index (χ1n) is 5.56. The second-order valence-electron chi connectivity index (χ2n) is 4.09. The molecule has 2 nitrogen and oxygen atoms in total. The minimum atomic E-state index is -0.193. The number of allylic oxidation sites excluding steroid dienone is 2. The average molecular weight is 196 g/mol. The van der Waals surface area contributed by atoms with Crippen LogP contribution in [0.2, 0.25) is 0 Å². The van der Waals surface area contributed by atoms with Crippen molar-refractivity contribution in [1.82, 2.24) is 0 Å². The third-order valence-electron chi connectivity index (χ3n) is 3.14. The molecular weight excluding hydrogens is 176 g/mol. The minimum Gasteiger partial charge on any atom is -0.393 e. The predicted octanol–water partition coefficient (Wildman–Crippen LogP) is 2.32. The molecule has 1 saturated carbocycles. The van der Waals surface area contributed by atoms with Gasteiger partial charge >= 0.3 is 0 Å². The maximum absolute atomic E-state index is 10.4. The topological polar surface area (TPSA) is 37.3 Å². The molecule has 0 aromatic heterocycles. The number of carbonyl (C=O) groups is 1. The van der Waals surface area contributed by atoms with E-state index in [4.69, 9.17) is 0 Å². The second kappa shape index (κ2) is 5.97. The van der Waals surface area contributed by atoms with Crippen molar-refractivity contribution < 1.29 is 9.90 Å². The summed E-state index contributed by atoms with van der Waals surface area (Å²) in [5.41, 5.74) is 0. The maximum Gasteiger partial charge on any atom is 0.120 e. The van der Waals surface area contributed by atoms with Gasteiger partial charge in [-0.25, -0.2) is 0 Å². The van der Waals surface area contributed by atoms with Crippen molar-refractivity contribution in [2.45, 2.75) is 45.1 Å². The van der Waals surface area contributed by atoms with E-state index < -0.39 is 0 Å². The summed E-state index contributed by atoms with van der Waals surface area (Å²) in [7, 11) is 0. The molecule has 0 heterocycles. The monoisotopic (exact) mass is 196 g/mol. The summed E-state index contributed by atoms with van der Waals surface area (Å²) in [6, 6.07) is 0. The molecule has 2 heteroatoms. The smallest absolute Gasteiger partial charge is 0.120 e. The molecule has 0 aromatic carbocycles. The second-order valence-corrected chi connectivity index (χ2v) is 4.09. The number of aliphatic hydroxyl groups excluding tert-OH is 1. The van der Waals surface area contributed by atoms with Crippen molar-refractivity contribution >= 4 is 6.29 Å². The lowest BCUT2D eigenvalue weighted by molar-refractivity contribution is -0.108. The lowest BCUT2D eigenvalue weighted by Crippen LogP contribution is -2.18. The van der Waals surface area contributed by atoms with E-state index in [0.29, 0.717) is 18.3 Å². The normalized spacial score (nSPS) is 32.6. The summed E-state index contributed by atoms with van der Waals surface area (Å²) in [5.74, 6) is 0.715. The molecule has 80 valence electrons. The molecule has 0 radical (unpaired) electrons. The Balaban J connectivity index is 2.44. The van der Waals surface area contributed by atoms with E-state index in [1.54, 1.807) is 0 Å². The van der Waals surface area contributed by atoms with Crippen LogP contribution in [0.5, 0.6) is 0 Å². The van der Waals surface area contributed by atoms with Crippen LogP contribution in [-0.4, -0.2) is 17.5 Å². The number of rotatable bonds is 5. The highest BCUT2D eigenvalue weighted by atomic mass is 16.3. The lowest BCUT2D eigenvalue weighted by Gasteiger charge is -2.18. The molecule has 14 heavy (non-hydrogen) atoms. The molecule has 0 spiro atoms. The number of aliphatic hydroxyl groups is 1. The van der Waals surface area contributed by atoms with Gasteiger partial charge in [-0.2, -0.15) is 0 Å². The Morgan fingerprint density at radius 3 is 2.71 bits per heavy atom. The highest BCUT2D eigenvalue weighted by Gasteiger charge is 2.33. The van der Waals surface area contributed by atoms with E-state index in [1.165, 1.54) is 0 Å². The van der Waals surface area contributed by atoms with Gasteiger partial charge in [-0.3, -0.25) is 0 Å². The quantitative estimate of drug-likeness (QED) is 0.541. The van der Waals surface area contributed by atoms with Gasteiger partial charge in [0.05, 0.1) is 6.10 Å². The molecular formula is C12H20O2. The van der Waals surface area contributed by atoms with E-state index in [-0.39, 0.29) is 6.10 Å². The van der Waals surface area contributed by atoms with Crippen LogP contribution in [0.4, 0.5) is 0 Å². The van der Waals surface area contributed by atoms with Gasteiger partial charge in [0, 0.05) is 6.42 Å². The van der Waals surface area contributed by atoms with Gasteiger partial charge in [0.1, 0.15) is 6.29 Å². The first kappa shape index (κ1) is 11.4. The standard InChI is InChI=1S/C12H20O2/c1-2-3-4-5-11-10(8-9-13)6-7-12(11)14/h3-4,9-12,14H,2,5-8H2,1H3/b4-3-/t10-,11+,12+/m1/s1. The highest BCUT2D eigenvalue weighted by molar-refractivity contribution is 5.49. The maximum atomic E-state index is 10.4. The number of aldehydes is 1. The van der Waals surface area contributed by atoms with Gasteiger partial charge in [-0.15, -0.1) is 0 Å². The van der Waals surface area contributed by atoms with Crippen molar-refractivity contribution in [2.75, 3.05) is 0 Å². The summed E-state index contributed by atoms with van der Waals surface area (Å²) < 4.78 is 0. The van der Waals surface area contributed by atoms with E-state index in [1.807, 2.05) is 0 Å². The molecule has 0 unspecified atom stereocenters. The van der Waals surface area contributed by atoms with Crippen molar-refractivity contribution in [3.8, 4) is 0 Å². The first-order valence-corrected chi connectivity index (χ1v) is 5.56. The predicted molar refractivity (Wildman–Crippen MR) is 56.9 cm³/mol. The number of carbonyl (C=O) groups excluding carboxylic acids is 1. The average Bonchev–Trinajstić information content (AvgIpc) is 2.50. The zero-order valence-corrected chi connectivity index (χ0v) is 8.86. The van der Waals surface area contributed by atoms with E-state index in [0.717, 1.165) is 32.0 Å². The van der Waals surface area contributed by atoms with Crippen LogP contribution in [0, 0.1) is 11.8 Å². The van der Waals surface area contributed by atoms with Crippen LogP contribution in [0.15, 0.2) is 12.2 Å². The Labute approximate surface area is 86.0 Å². The molecule has 1 aliphatic carbocycles. The Bertz CT molecular complexity index is 198. The molecule has 0 saturated heterocycles. The molecule has 0 aromatic rings. The summed E-state index contributed by atoms with van der Waals surface area (Å²) in [6.45, 7) is 2.10. The van der Waals surface area contributed by atoms with Gasteiger partial charge in [-0.05, 0) is 37.5 Å². The Kier molecular flexibility index (Phi) is 4.88. The summed E-state index contributed by atoms with van der Waals surface area (Å²) in [4.78, 5) is 10.4. The summed E-state index contributed by atoms with van der Waals surface area (Å²) in [6.07, 6.45) is 9.50. The fraction of sp³-hybridized carbons (Fsp3) is 0.750. The molecule has 3 atom stereocenters. The van der Waals surface area contributed by atoms with E-state index in [9.17, 15) is 9.90 Å². The van der Waals surface area contributed by atoms with Crippen LogP contribution < -0.4 is 0 Å². The van der Waals surface area contributed by atoms with Crippen LogP contribution in [0.25, 0.3) is 0 Å². The van der Waals surface area contributed by atoms with Gasteiger partial charge in [0.25, 0.3) is 0 Å². The van der Waals surface area contributed by atoms with Crippen molar-refractivity contribution in [1.29, 1.82) is 0 Å².